The minimum absolute atomic E-state index is 0. The van der Waals surface area contributed by atoms with Crippen molar-refractivity contribution >= 4 is 30.4 Å². The summed E-state index contributed by atoms with van der Waals surface area (Å²) in [6, 6.07) is 18.5. The van der Waals surface area contributed by atoms with E-state index >= 15 is 0 Å². The van der Waals surface area contributed by atoms with Crippen LogP contribution < -0.4 is 29.6 Å². The minimum Gasteiger partial charge on any atom is -0.478 e. The molecule has 10 heteroatoms. The summed E-state index contributed by atoms with van der Waals surface area (Å²) < 4.78 is 2.64. The standard InChI is InChI=1S/C7H6O2.2C5H5NOS.Na.Zn/c8-7(9)6-4-2-1-3-5-6;2*7-6-4-2-1-3-5(6)8;;/h1-5H,(H,8,9);2*1-4,7H;;/q;;;+1;+2. The Bertz CT molecular complexity index is 869. The molecule has 0 bridgehead atoms. The Labute approximate surface area is 201 Å². The summed E-state index contributed by atoms with van der Waals surface area (Å²) >= 11 is 9.33. The molecule has 0 radical (unpaired) electrons. The van der Waals surface area contributed by atoms with Gasteiger partial charge < -0.3 is 15.5 Å². The first kappa shape index (κ1) is 27.9. The van der Waals surface area contributed by atoms with Gasteiger partial charge in [-0.15, -0.1) is 0 Å². The number of hydrogen-bond donors (Lipinski definition) is 3. The van der Waals surface area contributed by atoms with Gasteiger partial charge in [0.1, 0.15) is 9.28 Å². The molecule has 2 aromatic heterocycles. The second-order valence-corrected chi connectivity index (χ2v) is 5.27. The van der Waals surface area contributed by atoms with Crippen LogP contribution in [0.3, 0.4) is 0 Å². The van der Waals surface area contributed by atoms with Gasteiger partial charge in [0, 0.05) is 12.4 Å². The second-order valence-electron chi connectivity index (χ2n) is 4.44. The van der Waals surface area contributed by atoms with Gasteiger partial charge in [-0.2, -0.15) is 9.46 Å². The number of pyridine rings is 2. The maximum Gasteiger partial charge on any atom is 2.00 e. The van der Waals surface area contributed by atoms with E-state index in [4.69, 9.17) is 15.5 Å². The number of carbonyl (C=O) groups is 1. The number of aromatic carboxylic acids is 1. The molecular weight excluding hydrogens is 449 g/mol. The van der Waals surface area contributed by atoms with Gasteiger partial charge in [-0.25, -0.2) is 4.79 Å². The third-order valence-electron chi connectivity index (χ3n) is 2.63. The molecule has 0 saturated carbocycles. The van der Waals surface area contributed by atoms with E-state index in [1.54, 1.807) is 66.7 Å². The van der Waals surface area contributed by atoms with Gasteiger partial charge in [-0.3, -0.25) is 0 Å². The summed E-state index contributed by atoms with van der Waals surface area (Å²) in [6.45, 7) is 0. The minimum atomic E-state index is -0.879. The SMILES string of the molecule is O=C(O)c1ccccc1.On1ccccc1=S.On1ccccc1=S.[Na+].[Zn+2]. The maximum absolute atomic E-state index is 10.2. The van der Waals surface area contributed by atoms with Crippen LogP contribution in [-0.4, -0.2) is 31.0 Å². The molecule has 6 nitrogen and oxygen atoms in total. The van der Waals surface area contributed by atoms with Crippen LogP contribution in [0.15, 0.2) is 79.1 Å². The molecule has 3 N–H and O–H groups in total. The fourth-order valence-electron chi connectivity index (χ4n) is 1.42. The fraction of sp³-hybridized carbons (Fsp3) is 0. The van der Waals surface area contributed by atoms with Crippen LogP contribution in [0.2, 0.25) is 0 Å². The maximum atomic E-state index is 10.2. The van der Waals surface area contributed by atoms with Crippen LogP contribution in [-0.2, 0) is 19.5 Å². The largest absolute Gasteiger partial charge is 2.00 e. The summed E-state index contributed by atoms with van der Waals surface area (Å²) in [5, 5.41) is 25.8. The molecule has 3 rings (SSSR count). The van der Waals surface area contributed by atoms with Crippen molar-refractivity contribution in [3.63, 3.8) is 0 Å². The van der Waals surface area contributed by atoms with Gasteiger partial charge in [-0.05, 0) is 36.4 Å². The van der Waals surface area contributed by atoms with E-state index in [9.17, 15) is 4.79 Å². The van der Waals surface area contributed by atoms with E-state index in [1.165, 1.54) is 12.4 Å². The van der Waals surface area contributed by atoms with E-state index in [1.807, 2.05) is 0 Å². The molecule has 0 saturated heterocycles. The van der Waals surface area contributed by atoms with Gasteiger partial charge in [0.15, 0.2) is 0 Å². The summed E-state index contributed by atoms with van der Waals surface area (Å²) in [5.41, 5.74) is 0.331. The summed E-state index contributed by atoms with van der Waals surface area (Å²) in [6.07, 6.45) is 2.98. The zero-order valence-corrected chi connectivity index (χ0v) is 21.3. The van der Waals surface area contributed by atoms with Crippen LogP contribution in [0.4, 0.5) is 0 Å². The molecule has 0 unspecified atom stereocenters. The summed E-state index contributed by atoms with van der Waals surface area (Å²) in [5.74, 6) is -0.879. The van der Waals surface area contributed by atoms with Crippen molar-refractivity contribution in [2.75, 3.05) is 0 Å². The Morgan fingerprint density at radius 1 is 0.741 bits per heavy atom. The summed E-state index contributed by atoms with van der Waals surface area (Å²) in [7, 11) is 0. The predicted octanol–water partition coefficient (Wildman–Crippen LogP) is 1.30. The van der Waals surface area contributed by atoms with Crippen molar-refractivity contribution in [2.45, 2.75) is 0 Å². The Morgan fingerprint density at radius 2 is 1.11 bits per heavy atom. The average molecular weight is 465 g/mol. The number of carboxylic acids is 1. The van der Waals surface area contributed by atoms with E-state index in [0.717, 1.165) is 9.46 Å². The average Bonchev–Trinajstić information content (AvgIpc) is 2.62. The topological polar surface area (TPSA) is 87.6 Å². The van der Waals surface area contributed by atoms with Crippen molar-refractivity contribution in [2.24, 2.45) is 0 Å². The van der Waals surface area contributed by atoms with Crippen LogP contribution in [0.5, 0.6) is 0 Å². The first-order chi connectivity index (χ1) is 11.9. The van der Waals surface area contributed by atoms with Crippen molar-refractivity contribution in [3.8, 4) is 0 Å². The van der Waals surface area contributed by atoms with Gasteiger partial charge >= 0.3 is 55.0 Å². The van der Waals surface area contributed by atoms with E-state index in [0.29, 0.717) is 14.8 Å². The molecule has 0 fully saturated rings. The molecule has 0 atom stereocenters. The van der Waals surface area contributed by atoms with Crippen molar-refractivity contribution < 1.29 is 69.4 Å². The van der Waals surface area contributed by atoms with Crippen LogP contribution in [0.1, 0.15) is 10.4 Å². The van der Waals surface area contributed by atoms with Crippen LogP contribution >= 0.6 is 24.4 Å². The molecule has 0 aliphatic heterocycles. The van der Waals surface area contributed by atoms with Crippen LogP contribution in [0, 0.1) is 9.28 Å². The van der Waals surface area contributed by atoms with E-state index in [-0.39, 0.29) is 49.0 Å². The number of benzene rings is 1. The van der Waals surface area contributed by atoms with Crippen molar-refractivity contribution in [1.82, 2.24) is 9.46 Å². The molecular formula is C17H16N2NaO4S2Zn+3. The molecule has 0 aliphatic carbocycles. The van der Waals surface area contributed by atoms with Crippen molar-refractivity contribution in [3.05, 3.63) is 94.0 Å². The van der Waals surface area contributed by atoms with E-state index in [2.05, 4.69) is 24.4 Å². The molecule has 2 heterocycles. The third-order valence-corrected chi connectivity index (χ3v) is 3.27. The predicted molar refractivity (Wildman–Crippen MR) is 98.3 cm³/mol. The molecule has 0 spiro atoms. The molecule has 27 heavy (non-hydrogen) atoms. The van der Waals surface area contributed by atoms with Crippen LogP contribution in [0.25, 0.3) is 0 Å². The third kappa shape index (κ3) is 11.9. The Morgan fingerprint density at radius 3 is 1.33 bits per heavy atom. The Kier molecular flexibility index (Phi) is 16.2. The fourth-order valence-corrected chi connectivity index (χ4v) is 1.70. The Hall–Kier alpha value is -1.35. The van der Waals surface area contributed by atoms with Crippen molar-refractivity contribution in [1.29, 1.82) is 0 Å². The van der Waals surface area contributed by atoms with Gasteiger partial charge in [-0.1, -0.05) is 54.8 Å². The first-order valence-electron chi connectivity index (χ1n) is 6.94. The van der Waals surface area contributed by atoms with Gasteiger partial charge in [0.05, 0.1) is 5.56 Å². The number of aromatic nitrogens is 2. The number of nitrogens with zero attached hydrogens (tertiary/aromatic N) is 2. The van der Waals surface area contributed by atoms with Gasteiger partial charge in [0.2, 0.25) is 0 Å². The molecule has 0 aliphatic rings. The number of rotatable bonds is 1. The molecule has 3 aromatic rings. The molecule has 1 aromatic carbocycles. The number of hydrogen-bond acceptors (Lipinski definition) is 5. The first-order valence-corrected chi connectivity index (χ1v) is 7.75. The van der Waals surface area contributed by atoms with Gasteiger partial charge in [0.25, 0.3) is 0 Å². The second kappa shape index (κ2) is 15.7. The monoisotopic (exact) mass is 463 g/mol. The Balaban J connectivity index is 0. The zero-order valence-electron chi connectivity index (χ0n) is 14.7. The summed E-state index contributed by atoms with van der Waals surface area (Å²) in [4.78, 5) is 10.2. The van der Waals surface area contributed by atoms with E-state index < -0.39 is 5.97 Å². The smallest absolute Gasteiger partial charge is 0.478 e. The quantitative estimate of drug-likeness (QED) is 0.286. The normalized spacial score (nSPS) is 8.30. The molecule has 130 valence electrons. The number of carboxylic acid groups (broad SMARTS) is 1. The molecule has 0 amide bonds. The zero-order chi connectivity index (χ0) is 18.7.